The first-order valence-electron chi connectivity index (χ1n) is 6.74. The number of aryl methyl sites for hydroxylation is 1. The highest BCUT2D eigenvalue weighted by atomic mass is 35.5. The van der Waals surface area contributed by atoms with Crippen LogP contribution in [0, 0.1) is 0 Å². The molecule has 1 saturated heterocycles. The monoisotopic (exact) mass is 285 g/mol. The van der Waals surface area contributed by atoms with Crippen molar-refractivity contribution in [2.75, 3.05) is 30.5 Å². The number of rotatable bonds is 5. The maximum atomic E-state index is 12.2. The molecule has 0 amide bonds. The van der Waals surface area contributed by atoms with Gasteiger partial charge in [0, 0.05) is 37.9 Å². The number of ether oxygens (including phenoxy) is 1. The highest BCUT2D eigenvalue weighted by Crippen LogP contribution is 2.17. The van der Waals surface area contributed by atoms with Crippen molar-refractivity contribution in [2.24, 2.45) is 0 Å². The molecule has 1 fully saturated rings. The van der Waals surface area contributed by atoms with Crippen molar-refractivity contribution >= 4 is 17.4 Å². The van der Waals surface area contributed by atoms with Crippen LogP contribution in [0.25, 0.3) is 0 Å². The molecular formula is C13H20ClN3O2. The molecule has 1 aromatic heterocycles. The molecule has 1 aromatic rings. The minimum atomic E-state index is -0.00914. The first-order valence-corrected chi connectivity index (χ1v) is 7.27. The molecule has 0 bridgehead atoms. The van der Waals surface area contributed by atoms with Crippen molar-refractivity contribution in [3.8, 4) is 0 Å². The number of piperidine rings is 1. The molecule has 0 atom stereocenters. The Kier molecular flexibility index (Phi) is 5.22. The van der Waals surface area contributed by atoms with E-state index in [1.165, 1.54) is 0 Å². The van der Waals surface area contributed by atoms with Crippen LogP contribution in [-0.2, 0) is 11.3 Å². The van der Waals surface area contributed by atoms with Gasteiger partial charge in [-0.1, -0.05) is 0 Å². The van der Waals surface area contributed by atoms with E-state index in [9.17, 15) is 4.79 Å². The number of hydrogen-bond acceptors (Lipinski definition) is 4. The highest BCUT2D eigenvalue weighted by Gasteiger charge is 2.22. The third kappa shape index (κ3) is 3.48. The van der Waals surface area contributed by atoms with Crippen LogP contribution >= 0.6 is 11.6 Å². The van der Waals surface area contributed by atoms with E-state index in [-0.39, 0.29) is 11.7 Å². The summed E-state index contributed by atoms with van der Waals surface area (Å²) >= 11 is 5.61. The molecule has 0 spiro atoms. The van der Waals surface area contributed by atoms with Crippen LogP contribution in [0.2, 0.25) is 0 Å². The Bertz CT molecular complexity index is 455. The van der Waals surface area contributed by atoms with Crippen molar-refractivity contribution < 1.29 is 4.74 Å². The molecule has 0 aliphatic carbocycles. The molecular weight excluding hydrogens is 266 g/mol. The Morgan fingerprint density at radius 2 is 2.21 bits per heavy atom. The Morgan fingerprint density at radius 3 is 2.84 bits per heavy atom. The zero-order chi connectivity index (χ0) is 13.7. The van der Waals surface area contributed by atoms with Gasteiger partial charge in [0.1, 0.15) is 0 Å². The average molecular weight is 286 g/mol. The summed E-state index contributed by atoms with van der Waals surface area (Å²) < 4.78 is 7.31. The van der Waals surface area contributed by atoms with Gasteiger partial charge in [-0.15, -0.1) is 11.6 Å². The summed E-state index contributed by atoms with van der Waals surface area (Å²) in [4.78, 5) is 18.4. The molecule has 2 rings (SSSR count). The van der Waals surface area contributed by atoms with Crippen molar-refractivity contribution in [1.29, 1.82) is 0 Å². The molecule has 0 aromatic carbocycles. The lowest BCUT2D eigenvalue weighted by molar-refractivity contribution is 0.0470. The normalized spacial score (nSPS) is 16.8. The quantitative estimate of drug-likeness (QED) is 0.769. The summed E-state index contributed by atoms with van der Waals surface area (Å²) in [6.45, 7) is 4.84. The van der Waals surface area contributed by atoms with Crippen LogP contribution in [0.4, 0.5) is 5.82 Å². The van der Waals surface area contributed by atoms with Crippen molar-refractivity contribution in [2.45, 2.75) is 32.4 Å². The number of aromatic nitrogens is 2. The van der Waals surface area contributed by atoms with E-state index < -0.39 is 0 Å². The zero-order valence-corrected chi connectivity index (χ0v) is 12.0. The third-order valence-electron chi connectivity index (χ3n) is 3.41. The van der Waals surface area contributed by atoms with Gasteiger partial charge < -0.3 is 14.2 Å². The van der Waals surface area contributed by atoms with Gasteiger partial charge in [-0.3, -0.25) is 4.79 Å². The summed E-state index contributed by atoms with van der Waals surface area (Å²) in [7, 11) is 0. The Hall–Kier alpha value is -1.07. The van der Waals surface area contributed by atoms with Crippen LogP contribution in [0.3, 0.4) is 0 Å². The van der Waals surface area contributed by atoms with Gasteiger partial charge in [0.25, 0.3) is 5.56 Å². The fraction of sp³-hybridized carbons (Fsp3) is 0.692. The topological polar surface area (TPSA) is 47.4 Å². The number of alkyl halides is 1. The smallest absolute Gasteiger partial charge is 0.293 e. The number of anilines is 1. The van der Waals surface area contributed by atoms with Gasteiger partial charge >= 0.3 is 0 Å². The molecule has 106 valence electrons. The van der Waals surface area contributed by atoms with E-state index in [0.29, 0.717) is 24.8 Å². The molecule has 6 heteroatoms. The second-order valence-corrected chi connectivity index (χ2v) is 4.97. The first kappa shape index (κ1) is 14.3. The number of hydrogen-bond donors (Lipinski definition) is 0. The van der Waals surface area contributed by atoms with Crippen LogP contribution in [0.5, 0.6) is 0 Å². The lowest BCUT2D eigenvalue weighted by atomic mass is 10.1. The van der Waals surface area contributed by atoms with Gasteiger partial charge in [-0.25, -0.2) is 4.98 Å². The lowest BCUT2D eigenvalue weighted by Gasteiger charge is -2.32. The van der Waals surface area contributed by atoms with Crippen LogP contribution in [0.15, 0.2) is 17.2 Å². The second-order valence-electron chi connectivity index (χ2n) is 4.59. The van der Waals surface area contributed by atoms with E-state index in [0.717, 1.165) is 25.9 Å². The van der Waals surface area contributed by atoms with Gasteiger partial charge in [-0.05, 0) is 19.8 Å². The third-order valence-corrected chi connectivity index (χ3v) is 3.56. The van der Waals surface area contributed by atoms with Crippen LogP contribution < -0.4 is 10.5 Å². The fourth-order valence-electron chi connectivity index (χ4n) is 2.35. The Balaban J connectivity index is 2.00. The second kappa shape index (κ2) is 6.91. The summed E-state index contributed by atoms with van der Waals surface area (Å²) in [6.07, 6.45) is 5.50. The summed E-state index contributed by atoms with van der Waals surface area (Å²) in [5.74, 6) is 1.09. The zero-order valence-electron chi connectivity index (χ0n) is 11.2. The molecule has 1 aliphatic heterocycles. The van der Waals surface area contributed by atoms with Gasteiger partial charge in [0.05, 0.1) is 12.7 Å². The van der Waals surface area contributed by atoms with Crippen LogP contribution in [-0.4, -0.2) is 41.2 Å². The molecule has 0 unspecified atom stereocenters. The Morgan fingerprint density at radius 1 is 1.47 bits per heavy atom. The maximum absolute atomic E-state index is 12.2. The highest BCUT2D eigenvalue weighted by molar-refractivity contribution is 6.17. The van der Waals surface area contributed by atoms with Crippen LogP contribution in [0.1, 0.15) is 19.8 Å². The Labute approximate surface area is 118 Å². The van der Waals surface area contributed by atoms with E-state index in [1.54, 1.807) is 17.0 Å². The standard InChI is InChI=1S/C13H20ClN3O2/c1-2-16-9-6-15-12(13(16)18)17-7-3-11(4-8-17)19-10-5-14/h6,9,11H,2-5,7-8,10H2,1H3. The predicted octanol–water partition coefficient (Wildman–Crippen LogP) is 1.49. The van der Waals surface area contributed by atoms with E-state index in [1.807, 2.05) is 6.92 Å². The first-order chi connectivity index (χ1) is 9.26. The average Bonchev–Trinajstić information content (AvgIpc) is 2.46. The predicted molar refractivity (Wildman–Crippen MR) is 76.1 cm³/mol. The summed E-state index contributed by atoms with van der Waals surface area (Å²) in [5, 5.41) is 0. The molecule has 0 saturated carbocycles. The number of halogens is 1. The maximum Gasteiger partial charge on any atom is 0.293 e. The molecule has 5 nitrogen and oxygen atoms in total. The van der Waals surface area contributed by atoms with E-state index >= 15 is 0 Å². The van der Waals surface area contributed by atoms with Crippen molar-refractivity contribution in [3.05, 3.63) is 22.7 Å². The SMILES string of the molecule is CCn1ccnc(N2CCC(OCCCl)CC2)c1=O. The van der Waals surface area contributed by atoms with E-state index in [2.05, 4.69) is 9.88 Å². The summed E-state index contributed by atoms with van der Waals surface area (Å²) in [6, 6.07) is 0. The van der Waals surface area contributed by atoms with E-state index in [4.69, 9.17) is 16.3 Å². The molecule has 0 radical (unpaired) electrons. The minimum absolute atomic E-state index is 0.00914. The van der Waals surface area contributed by atoms with Gasteiger partial charge in [-0.2, -0.15) is 0 Å². The number of nitrogens with zero attached hydrogens (tertiary/aromatic N) is 3. The van der Waals surface area contributed by atoms with Gasteiger partial charge in [0.15, 0.2) is 5.82 Å². The molecule has 0 N–H and O–H groups in total. The molecule has 19 heavy (non-hydrogen) atoms. The lowest BCUT2D eigenvalue weighted by Crippen LogP contribution is -2.41. The van der Waals surface area contributed by atoms with Crippen molar-refractivity contribution in [1.82, 2.24) is 9.55 Å². The van der Waals surface area contributed by atoms with Crippen molar-refractivity contribution in [3.63, 3.8) is 0 Å². The fourth-order valence-corrected chi connectivity index (χ4v) is 2.44. The summed E-state index contributed by atoms with van der Waals surface area (Å²) in [5.41, 5.74) is -0.00914. The molecule has 1 aliphatic rings. The molecule has 2 heterocycles. The van der Waals surface area contributed by atoms with Gasteiger partial charge in [0.2, 0.25) is 0 Å². The largest absolute Gasteiger partial charge is 0.377 e. The minimum Gasteiger partial charge on any atom is -0.377 e.